The van der Waals surface area contributed by atoms with Crippen molar-refractivity contribution in [1.29, 1.82) is 0 Å². The second kappa shape index (κ2) is 8.49. The summed E-state index contributed by atoms with van der Waals surface area (Å²) in [5, 5.41) is 9.74. The van der Waals surface area contributed by atoms with Crippen molar-refractivity contribution in [1.82, 2.24) is 29.2 Å². The Morgan fingerprint density at radius 3 is 2.21 bits per heavy atom. The summed E-state index contributed by atoms with van der Waals surface area (Å²) in [5.74, 6) is 0. The highest BCUT2D eigenvalue weighted by molar-refractivity contribution is 14.1. The molecule has 28 heavy (non-hydrogen) atoms. The molecule has 0 radical (unpaired) electrons. The maximum Gasteiger partial charge on any atom is 0.213 e. The van der Waals surface area contributed by atoms with Crippen LogP contribution in [-0.4, -0.2) is 43.3 Å². The van der Waals surface area contributed by atoms with Gasteiger partial charge in [0.05, 0.1) is 12.4 Å². The molecule has 1 aromatic carbocycles. The lowest BCUT2D eigenvalue weighted by molar-refractivity contribution is 0.935. The molecule has 0 saturated carbocycles. The van der Waals surface area contributed by atoms with Gasteiger partial charge in [0.15, 0.2) is 3.92 Å². The van der Waals surface area contributed by atoms with Gasteiger partial charge in [-0.15, -0.1) is 5.10 Å². The van der Waals surface area contributed by atoms with Crippen molar-refractivity contribution in [2.24, 2.45) is 0 Å². The van der Waals surface area contributed by atoms with Crippen LogP contribution in [0.25, 0.3) is 20.5 Å². The van der Waals surface area contributed by atoms with Gasteiger partial charge in [0, 0.05) is 25.3 Å². The molecule has 4 heterocycles. The van der Waals surface area contributed by atoms with Gasteiger partial charge in [0.2, 0.25) is 9.92 Å². The van der Waals surface area contributed by atoms with E-state index in [0.717, 1.165) is 31.8 Å². The van der Waals surface area contributed by atoms with Gasteiger partial charge in [0.1, 0.15) is 12.4 Å². The molecular formula is C16H12BrI2N7S2. The predicted molar refractivity (Wildman–Crippen MR) is 135 cm³/mol. The number of halogens is 3. The van der Waals surface area contributed by atoms with E-state index in [4.69, 9.17) is 0 Å². The largest absolute Gasteiger partial charge is 0.378 e. The number of benzene rings is 1. The molecule has 4 aromatic heterocycles. The van der Waals surface area contributed by atoms with Gasteiger partial charge in [-0.3, -0.25) is 0 Å². The molecule has 0 saturated heterocycles. The molecule has 0 atom stereocenters. The number of nitrogens with zero attached hydrogens (tertiary/aromatic N) is 7. The predicted octanol–water partition coefficient (Wildman–Crippen LogP) is 5.29. The molecule has 0 aliphatic rings. The van der Waals surface area contributed by atoms with E-state index in [0.29, 0.717) is 0 Å². The first-order valence-corrected chi connectivity index (χ1v) is 12.4. The van der Waals surface area contributed by atoms with Crippen LogP contribution in [0, 0.1) is 7.40 Å². The number of rotatable bonds is 2. The van der Waals surface area contributed by atoms with Crippen LogP contribution < -0.4 is 4.90 Å². The van der Waals surface area contributed by atoms with E-state index in [9.17, 15) is 0 Å². The van der Waals surface area contributed by atoms with E-state index >= 15 is 0 Å². The zero-order chi connectivity index (χ0) is 19.8. The average molecular weight is 700 g/mol. The number of hydrogen-bond acceptors (Lipinski definition) is 7. The van der Waals surface area contributed by atoms with Crippen molar-refractivity contribution in [3.8, 4) is 10.6 Å². The summed E-state index contributed by atoms with van der Waals surface area (Å²) in [5.41, 5.74) is 2.31. The summed E-state index contributed by atoms with van der Waals surface area (Å²) in [7, 11) is 4.08. The van der Waals surface area contributed by atoms with E-state index in [2.05, 4.69) is 110 Å². The molecule has 0 bridgehead atoms. The van der Waals surface area contributed by atoms with E-state index in [1.807, 2.05) is 24.8 Å². The zero-order valence-corrected chi connectivity index (χ0v) is 22.1. The Balaban J connectivity index is 0.000000162. The summed E-state index contributed by atoms with van der Waals surface area (Å²) in [6.07, 6.45) is 3.63. The van der Waals surface area contributed by atoms with Crippen molar-refractivity contribution < 1.29 is 0 Å². The lowest BCUT2D eigenvalue weighted by Gasteiger charge is -2.12. The second-order valence-corrected chi connectivity index (χ2v) is 11.2. The Morgan fingerprint density at radius 2 is 1.61 bits per heavy atom. The summed E-state index contributed by atoms with van der Waals surface area (Å²) in [6.45, 7) is 0. The third-order valence-electron chi connectivity index (χ3n) is 3.67. The van der Waals surface area contributed by atoms with Crippen molar-refractivity contribution >= 4 is 99.4 Å². The highest BCUT2D eigenvalue weighted by Gasteiger charge is 2.10. The monoisotopic (exact) mass is 699 g/mol. The Labute approximate surface area is 204 Å². The topological polar surface area (TPSA) is 63.6 Å². The minimum atomic E-state index is 0.869. The van der Waals surface area contributed by atoms with E-state index in [1.165, 1.54) is 17.0 Å². The first kappa shape index (κ1) is 20.4. The fourth-order valence-corrected chi connectivity index (χ4v) is 5.69. The first-order valence-electron chi connectivity index (χ1n) is 7.86. The van der Waals surface area contributed by atoms with Gasteiger partial charge in [-0.1, -0.05) is 34.8 Å². The molecule has 144 valence electrons. The van der Waals surface area contributed by atoms with E-state index < -0.39 is 0 Å². The molecule has 12 heteroatoms. The molecular weight excluding hydrogens is 688 g/mol. The lowest BCUT2D eigenvalue weighted by Crippen LogP contribution is -2.08. The zero-order valence-electron chi connectivity index (χ0n) is 14.5. The molecule has 0 fully saturated rings. The van der Waals surface area contributed by atoms with Crippen LogP contribution in [0.4, 0.5) is 5.69 Å². The second-order valence-electron chi connectivity index (χ2n) is 5.76. The SMILES string of the molecule is Brc1nn2c(I)cnc2s1.CN(C)c1cccc(-c2nn3c(I)cnc3s2)c1. The third kappa shape index (κ3) is 4.20. The summed E-state index contributed by atoms with van der Waals surface area (Å²) >= 11 is 10.8. The maximum atomic E-state index is 4.59. The number of anilines is 1. The summed E-state index contributed by atoms with van der Waals surface area (Å²) in [6, 6.07) is 8.37. The number of aromatic nitrogens is 6. The van der Waals surface area contributed by atoms with Crippen molar-refractivity contribution in [3.63, 3.8) is 0 Å². The fraction of sp³-hybridized carbons (Fsp3) is 0.125. The van der Waals surface area contributed by atoms with Crippen LogP contribution in [0.15, 0.2) is 40.6 Å². The van der Waals surface area contributed by atoms with Gasteiger partial charge in [-0.25, -0.2) is 9.97 Å². The van der Waals surface area contributed by atoms with Crippen LogP contribution in [0.2, 0.25) is 0 Å². The molecule has 5 rings (SSSR count). The fourth-order valence-electron chi connectivity index (χ4n) is 2.34. The summed E-state index contributed by atoms with van der Waals surface area (Å²) in [4.78, 5) is 12.4. The molecule has 0 amide bonds. The maximum absolute atomic E-state index is 4.59. The van der Waals surface area contributed by atoms with Crippen LogP contribution in [-0.2, 0) is 0 Å². The van der Waals surface area contributed by atoms with Crippen molar-refractivity contribution in [3.05, 3.63) is 48.0 Å². The molecule has 0 aliphatic carbocycles. The smallest absolute Gasteiger partial charge is 0.213 e. The number of fused-ring (bicyclic) bond motifs is 2. The Kier molecular flexibility index (Phi) is 6.20. The molecule has 0 N–H and O–H groups in total. The quantitative estimate of drug-likeness (QED) is 0.235. The van der Waals surface area contributed by atoms with E-state index in [-0.39, 0.29) is 0 Å². The standard InChI is InChI=1S/C12H11IN4S.C4HBrIN3S/c1-16(2)9-5-3-4-8(6-9)11-15-17-10(13)7-14-12(17)18-11;5-3-8-9-2(6)1-7-4(9)10-3/h3-7H,1-2H3;1H. The number of imidazole rings is 2. The van der Waals surface area contributed by atoms with Crippen LogP contribution in [0.5, 0.6) is 0 Å². The van der Waals surface area contributed by atoms with Gasteiger partial charge < -0.3 is 4.90 Å². The Bertz CT molecular complexity index is 1260. The number of hydrogen-bond donors (Lipinski definition) is 0. The molecule has 7 nitrogen and oxygen atoms in total. The average Bonchev–Trinajstić information content (AvgIpc) is 3.41. The van der Waals surface area contributed by atoms with Gasteiger partial charge in [0.25, 0.3) is 0 Å². The molecule has 5 aromatic rings. The summed E-state index contributed by atoms with van der Waals surface area (Å²) < 4.78 is 6.62. The van der Waals surface area contributed by atoms with Crippen molar-refractivity contribution in [2.75, 3.05) is 19.0 Å². The normalized spacial score (nSPS) is 11.0. The molecule has 0 aliphatic heterocycles. The molecule has 0 spiro atoms. The lowest BCUT2D eigenvalue weighted by atomic mass is 10.2. The highest BCUT2D eigenvalue weighted by atomic mass is 127. The van der Waals surface area contributed by atoms with E-state index in [1.54, 1.807) is 22.0 Å². The van der Waals surface area contributed by atoms with Crippen molar-refractivity contribution in [2.45, 2.75) is 0 Å². The van der Waals surface area contributed by atoms with Crippen LogP contribution in [0.1, 0.15) is 0 Å². The molecule has 0 unspecified atom stereocenters. The van der Waals surface area contributed by atoms with Gasteiger partial charge >= 0.3 is 0 Å². The van der Waals surface area contributed by atoms with Gasteiger partial charge in [-0.2, -0.15) is 14.1 Å². The highest BCUT2D eigenvalue weighted by Crippen LogP contribution is 2.28. The third-order valence-corrected chi connectivity index (χ3v) is 7.47. The van der Waals surface area contributed by atoms with Crippen LogP contribution in [0.3, 0.4) is 0 Å². The first-order chi connectivity index (χ1) is 13.4. The Morgan fingerprint density at radius 1 is 0.964 bits per heavy atom. The minimum absolute atomic E-state index is 0.869. The van der Waals surface area contributed by atoms with Crippen LogP contribution >= 0.6 is 83.8 Å². The minimum Gasteiger partial charge on any atom is -0.378 e. The Hall–Kier alpha value is -0.840. The van der Waals surface area contributed by atoms with Gasteiger partial charge in [-0.05, 0) is 73.2 Å².